The minimum absolute atomic E-state index is 0.0812. The second-order valence-electron chi connectivity index (χ2n) is 6.84. The molecule has 174 valence electrons. The Morgan fingerprint density at radius 2 is 2.09 bits per heavy atom. The van der Waals surface area contributed by atoms with E-state index >= 15 is 0 Å². The highest BCUT2D eigenvalue weighted by atomic mass is 32.2. The van der Waals surface area contributed by atoms with Gasteiger partial charge in [-0.25, -0.2) is 13.9 Å². The molecule has 3 aromatic rings. The SMILES string of the molecule is C=C(Oc1ccc2c(C)c(Cc3cccc(NS(=O)(=O)NC)c3F)c(=O)oc2c1)S/C=C\N. The zero-order chi connectivity index (χ0) is 24.2. The van der Waals surface area contributed by atoms with Gasteiger partial charge in [0.25, 0.3) is 10.2 Å². The smallest absolute Gasteiger partial charge is 0.340 e. The summed E-state index contributed by atoms with van der Waals surface area (Å²) >= 11 is 1.20. The number of fused-ring (bicyclic) bond motifs is 1. The molecule has 0 radical (unpaired) electrons. The van der Waals surface area contributed by atoms with Gasteiger partial charge >= 0.3 is 5.63 Å². The predicted octanol–water partition coefficient (Wildman–Crippen LogP) is 3.72. The minimum Gasteiger partial charge on any atom is -0.451 e. The highest BCUT2D eigenvalue weighted by Crippen LogP contribution is 2.29. The van der Waals surface area contributed by atoms with Crippen LogP contribution < -0.4 is 25.5 Å². The fraction of sp³-hybridized carbons (Fsp3) is 0.136. The molecule has 0 fully saturated rings. The maximum atomic E-state index is 14.9. The van der Waals surface area contributed by atoms with Gasteiger partial charge in [0, 0.05) is 36.7 Å². The molecule has 11 heteroatoms. The van der Waals surface area contributed by atoms with E-state index in [0.29, 0.717) is 27.4 Å². The number of thioether (sulfide) groups is 1. The molecule has 1 heterocycles. The molecule has 1 aromatic heterocycles. The van der Waals surface area contributed by atoms with Crippen LogP contribution in [0.5, 0.6) is 5.75 Å². The Labute approximate surface area is 194 Å². The van der Waals surface area contributed by atoms with Crippen LogP contribution in [0.25, 0.3) is 11.0 Å². The Kier molecular flexibility index (Phi) is 7.46. The maximum absolute atomic E-state index is 14.9. The van der Waals surface area contributed by atoms with Gasteiger partial charge in [0.1, 0.15) is 11.3 Å². The number of halogens is 1. The first-order chi connectivity index (χ1) is 15.6. The topological polar surface area (TPSA) is 124 Å². The molecule has 0 aliphatic rings. The number of nitrogens with two attached hydrogens (primary N) is 1. The van der Waals surface area contributed by atoms with E-state index in [1.807, 2.05) is 0 Å². The van der Waals surface area contributed by atoms with E-state index in [4.69, 9.17) is 14.9 Å². The van der Waals surface area contributed by atoms with Gasteiger partial charge in [-0.05, 0) is 48.2 Å². The molecule has 0 aliphatic heterocycles. The number of ether oxygens (including phenoxy) is 1. The Morgan fingerprint density at radius 1 is 1.33 bits per heavy atom. The molecule has 0 bridgehead atoms. The molecule has 8 nitrogen and oxygen atoms in total. The number of rotatable bonds is 9. The second-order valence-corrected chi connectivity index (χ2v) is 9.42. The lowest BCUT2D eigenvalue weighted by atomic mass is 9.99. The summed E-state index contributed by atoms with van der Waals surface area (Å²) in [5.74, 6) is -0.349. The lowest BCUT2D eigenvalue weighted by molar-refractivity contribution is 0.466. The monoisotopic (exact) mass is 491 g/mol. The Morgan fingerprint density at radius 3 is 2.79 bits per heavy atom. The number of hydrogen-bond donors (Lipinski definition) is 3. The number of aryl methyl sites for hydroxylation is 1. The third-order valence-electron chi connectivity index (χ3n) is 4.73. The molecule has 0 spiro atoms. The van der Waals surface area contributed by atoms with Crippen LogP contribution in [-0.4, -0.2) is 15.5 Å². The van der Waals surface area contributed by atoms with Crippen LogP contribution in [-0.2, 0) is 16.6 Å². The molecule has 4 N–H and O–H groups in total. The minimum atomic E-state index is -3.90. The van der Waals surface area contributed by atoms with Crippen molar-refractivity contribution in [1.29, 1.82) is 0 Å². The van der Waals surface area contributed by atoms with Crippen molar-refractivity contribution in [1.82, 2.24) is 4.72 Å². The first kappa shape index (κ1) is 24.4. The maximum Gasteiger partial charge on any atom is 0.340 e. The quantitative estimate of drug-likeness (QED) is 0.308. The van der Waals surface area contributed by atoms with E-state index in [2.05, 4.69) is 16.0 Å². The van der Waals surface area contributed by atoms with E-state index < -0.39 is 21.7 Å². The first-order valence-corrected chi connectivity index (χ1v) is 12.0. The zero-order valence-electron chi connectivity index (χ0n) is 17.8. The van der Waals surface area contributed by atoms with E-state index in [-0.39, 0.29) is 23.2 Å². The molecule has 0 unspecified atom stereocenters. The van der Waals surface area contributed by atoms with Gasteiger partial charge in [0.2, 0.25) is 0 Å². The van der Waals surface area contributed by atoms with Crippen molar-refractivity contribution in [2.24, 2.45) is 5.73 Å². The summed E-state index contributed by atoms with van der Waals surface area (Å²) in [6.45, 7) is 5.50. The summed E-state index contributed by atoms with van der Waals surface area (Å²) in [5, 5.41) is 2.65. The van der Waals surface area contributed by atoms with Crippen molar-refractivity contribution >= 4 is 38.6 Å². The molecule has 0 amide bonds. The van der Waals surface area contributed by atoms with Gasteiger partial charge in [-0.1, -0.05) is 23.9 Å². The van der Waals surface area contributed by atoms with Gasteiger partial charge in [0.05, 0.1) is 5.69 Å². The highest BCUT2D eigenvalue weighted by molar-refractivity contribution is 8.05. The number of nitrogens with one attached hydrogen (secondary N) is 2. The van der Waals surface area contributed by atoms with Gasteiger partial charge in [0.15, 0.2) is 10.9 Å². The Bertz CT molecular complexity index is 1400. The molecular formula is C22H22FN3O5S2. The van der Waals surface area contributed by atoms with Crippen LogP contribution in [0.3, 0.4) is 0 Å². The first-order valence-electron chi connectivity index (χ1n) is 9.60. The fourth-order valence-electron chi connectivity index (χ4n) is 3.09. The highest BCUT2D eigenvalue weighted by Gasteiger charge is 2.18. The Hall–Kier alpha value is -3.28. The summed E-state index contributed by atoms with van der Waals surface area (Å²) in [4.78, 5) is 12.7. The molecule has 33 heavy (non-hydrogen) atoms. The standard InChI is InChI=1S/C22H22FN3O5S2/c1-13-17-8-7-16(30-14(2)32-10-9-24)12-20(17)31-22(27)18(13)11-15-5-4-6-19(21(15)23)26-33(28,29)25-3/h4-10,12,25-26H,2,11,24H2,1,3H3/b10-9-. The van der Waals surface area contributed by atoms with Gasteiger partial charge < -0.3 is 14.9 Å². The van der Waals surface area contributed by atoms with Crippen LogP contribution in [0.2, 0.25) is 0 Å². The summed E-state index contributed by atoms with van der Waals surface area (Å²) in [6, 6.07) is 9.27. The molecule has 0 saturated carbocycles. The van der Waals surface area contributed by atoms with Gasteiger partial charge in [-0.15, -0.1) is 0 Å². The van der Waals surface area contributed by atoms with E-state index in [1.54, 1.807) is 30.5 Å². The van der Waals surface area contributed by atoms with E-state index in [0.717, 1.165) is 0 Å². The van der Waals surface area contributed by atoms with E-state index in [9.17, 15) is 17.6 Å². The van der Waals surface area contributed by atoms with Gasteiger partial charge in [-0.2, -0.15) is 8.42 Å². The summed E-state index contributed by atoms with van der Waals surface area (Å²) in [7, 11) is -2.69. The van der Waals surface area contributed by atoms with Crippen molar-refractivity contribution in [3.8, 4) is 5.75 Å². The third-order valence-corrected chi connectivity index (χ3v) is 6.39. The lowest BCUT2D eigenvalue weighted by Gasteiger charge is -2.12. The molecule has 2 aromatic carbocycles. The zero-order valence-corrected chi connectivity index (χ0v) is 19.5. The van der Waals surface area contributed by atoms with Crippen LogP contribution >= 0.6 is 11.8 Å². The third kappa shape index (κ3) is 5.75. The number of anilines is 1. The van der Waals surface area contributed by atoms with E-state index in [1.165, 1.54) is 43.2 Å². The van der Waals surface area contributed by atoms with Crippen molar-refractivity contribution in [3.63, 3.8) is 0 Å². The average Bonchev–Trinajstić information content (AvgIpc) is 2.77. The average molecular weight is 492 g/mol. The van der Waals surface area contributed by atoms with Crippen LogP contribution in [0, 0.1) is 12.7 Å². The van der Waals surface area contributed by atoms with Crippen LogP contribution in [0.15, 0.2) is 68.9 Å². The van der Waals surface area contributed by atoms with Crippen molar-refractivity contribution < 1.29 is 22.0 Å². The normalized spacial score (nSPS) is 11.7. The lowest BCUT2D eigenvalue weighted by Crippen LogP contribution is -2.27. The van der Waals surface area contributed by atoms with Gasteiger partial charge in [-0.3, -0.25) is 4.72 Å². The number of benzene rings is 2. The van der Waals surface area contributed by atoms with Crippen LogP contribution in [0.4, 0.5) is 10.1 Å². The fourth-order valence-corrected chi connectivity index (χ4v) is 4.02. The predicted molar refractivity (Wildman–Crippen MR) is 129 cm³/mol. The van der Waals surface area contributed by atoms with Crippen molar-refractivity contribution in [2.75, 3.05) is 11.8 Å². The Balaban J connectivity index is 1.94. The summed E-state index contributed by atoms with van der Waals surface area (Å²) in [6.07, 6.45) is 1.28. The van der Waals surface area contributed by atoms with Crippen LogP contribution in [0.1, 0.15) is 16.7 Å². The molecule has 0 aliphatic carbocycles. The molecule has 0 saturated heterocycles. The second kappa shape index (κ2) is 10.1. The largest absolute Gasteiger partial charge is 0.451 e. The molecule has 0 atom stereocenters. The van der Waals surface area contributed by atoms with Crippen molar-refractivity contribution in [2.45, 2.75) is 13.3 Å². The van der Waals surface area contributed by atoms with Crippen molar-refractivity contribution in [3.05, 3.63) is 92.6 Å². The summed E-state index contributed by atoms with van der Waals surface area (Å²) in [5.41, 5.74) is 5.77. The molecular weight excluding hydrogens is 469 g/mol. The molecule has 3 rings (SSSR count). The number of hydrogen-bond acceptors (Lipinski definition) is 7. The summed E-state index contributed by atoms with van der Waals surface area (Å²) < 4.78 is 53.6.